The molecule has 3 aromatic heterocycles. The number of Topliss-reactive ketones (excluding diaryl/α,β-unsaturated/α-hetero) is 1. The first-order valence-corrected chi connectivity index (χ1v) is 15.5. The molecule has 0 bridgehead atoms. The molecule has 1 amide bonds. The van der Waals surface area contributed by atoms with Gasteiger partial charge in [-0.2, -0.15) is 0 Å². The summed E-state index contributed by atoms with van der Waals surface area (Å²) in [7, 11) is 1.26. The van der Waals surface area contributed by atoms with Gasteiger partial charge in [-0.15, -0.1) is 0 Å². The maximum absolute atomic E-state index is 13.8. The number of fused-ring (bicyclic) bond motifs is 1. The smallest absolute Gasteiger partial charge is 0.350 e. The van der Waals surface area contributed by atoms with E-state index in [0.29, 0.717) is 53.2 Å². The van der Waals surface area contributed by atoms with E-state index in [1.54, 1.807) is 32.0 Å². The largest absolute Gasteiger partial charge is 0.505 e. The zero-order valence-corrected chi connectivity index (χ0v) is 27.2. The highest BCUT2D eigenvalue weighted by Gasteiger charge is 2.49. The number of aliphatic hydroxyl groups is 1. The van der Waals surface area contributed by atoms with Gasteiger partial charge in [-0.1, -0.05) is 37.3 Å². The molecule has 5 rings (SSSR count). The lowest BCUT2D eigenvalue weighted by Gasteiger charge is -2.24. The van der Waals surface area contributed by atoms with Gasteiger partial charge < -0.3 is 23.7 Å². The monoisotopic (exact) mass is 632 g/mol. The number of rotatable bonds is 10. The van der Waals surface area contributed by atoms with Crippen LogP contribution in [-0.2, 0) is 14.3 Å². The average Bonchev–Trinajstić information content (AvgIpc) is 3.64. The van der Waals surface area contributed by atoms with Gasteiger partial charge >= 0.3 is 11.9 Å². The topological polar surface area (TPSA) is 133 Å². The van der Waals surface area contributed by atoms with Crippen molar-refractivity contribution in [2.24, 2.45) is 5.92 Å². The van der Waals surface area contributed by atoms with Gasteiger partial charge in [0.05, 0.1) is 43.3 Å². The molecular formula is C33H36N4O7S. The summed E-state index contributed by atoms with van der Waals surface area (Å²) in [5.41, 5.74) is 2.92. The minimum Gasteiger partial charge on any atom is -0.505 e. The van der Waals surface area contributed by atoms with E-state index in [0.717, 1.165) is 23.3 Å². The Balaban J connectivity index is 1.72. The van der Waals surface area contributed by atoms with Crippen LogP contribution in [0.3, 0.4) is 0 Å². The summed E-state index contributed by atoms with van der Waals surface area (Å²) < 4.78 is 18.7. The predicted octanol–water partition coefficient (Wildman–Crippen LogP) is 5.95. The molecule has 0 spiro atoms. The van der Waals surface area contributed by atoms with Crippen LogP contribution in [0.1, 0.15) is 71.1 Å². The van der Waals surface area contributed by atoms with E-state index in [4.69, 9.17) is 14.2 Å². The number of benzene rings is 1. The number of methoxy groups -OCH3 is 1. The van der Waals surface area contributed by atoms with E-state index >= 15 is 0 Å². The summed E-state index contributed by atoms with van der Waals surface area (Å²) >= 11 is 0.931. The second-order valence-electron chi connectivity index (χ2n) is 11.2. The molecule has 1 aromatic carbocycles. The van der Waals surface area contributed by atoms with E-state index in [1.807, 2.05) is 36.6 Å². The molecule has 1 aliphatic heterocycles. The maximum Gasteiger partial charge on any atom is 0.350 e. The number of ketones is 1. The summed E-state index contributed by atoms with van der Waals surface area (Å²) in [6.07, 6.45) is 2.66. The van der Waals surface area contributed by atoms with Crippen LogP contribution >= 0.6 is 11.3 Å². The molecule has 12 heteroatoms. The van der Waals surface area contributed by atoms with Crippen molar-refractivity contribution < 1.29 is 33.7 Å². The molecule has 4 aromatic rings. The van der Waals surface area contributed by atoms with Crippen molar-refractivity contribution in [1.82, 2.24) is 14.4 Å². The fourth-order valence-corrected chi connectivity index (χ4v) is 6.29. The quantitative estimate of drug-likeness (QED) is 0.0974. The molecule has 1 atom stereocenters. The van der Waals surface area contributed by atoms with Gasteiger partial charge in [0.25, 0.3) is 5.78 Å². The predicted molar refractivity (Wildman–Crippen MR) is 170 cm³/mol. The number of carbonyl (C=O) groups excluding carboxylic acids is 3. The van der Waals surface area contributed by atoms with E-state index in [9.17, 15) is 19.5 Å². The van der Waals surface area contributed by atoms with Gasteiger partial charge in [-0.25, -0.2) is 14.8 Å². The number of pyridine rings is 1. The van der Waals surface area contributed by atoms with E-state index in [-0.39, 0.29) is 21.3 Å². The van der Waals surface area contributed by atoms with Crippen molar-refractivity contribution >= 4 is 45.5 Å². The first-order valence-electron chi connectivity index (χ1n) is 14.7. The first kappa shape index (κ1) is 31.7. The third-order valence-corrected chi connectivity index (χ3v) is 8.79. The van der Waals surface area contributed by atoms with Crippen LogP contribution in [0.5, 0.6) is 11.5 Å². The number of hydrogen-bond acceptors (Lipinski definition) is 10. The Hall–Kier alpha value is -4.71. The minimum absolute atomic E-state index is 0.108. The lowest BCUT2D eigenvalue weighted by molar-refractivity contribution is -0.132. The molecule has 1 fully saturated rings. The van der Waals surface area contributed by atoms with Crippen LogP contribution in [0.2, 0.25) is 0 Å². The third-order valence-electron chi connectivity index (χ3n) is 7.65. The number of ether oxygens (including phenoxy) is 3. The van der Waals surface area contributed by atoms with E-state index < -0.39 is 29.5 Å². The number of imidazole rings is 1. The number of aliphatic hydroxyl groups excluding tert-OH is 1. The van der Waals surface area contributed by atoms with Gasteiger partial charge in [0.1, 0.15) is 16.2 Å². The van der Waals surface area contributed by atoms with Crippen molar-refractivity contribution in [3.8, 4) is 11.5 Å². The third kappa shape index (κ3) is 5.77. The molecule has 0 saturated carbocycles. The number of amides is 1. The zero-order valence-electron chi connectivity index (χ0n) is 26.3. The molecule has 1 unspecified atom stereocenters. The van der Waals surface area contributed by atoms with Gasteiger partial charge in [-0.05, 0) is 69.4 Å². The van der Waals surface area contributed by atoms with Crippen LogP contribution in [0.25, 0.3) is 11.4 Å². The SMILES string of the molecule is CCOc1cc(C2/C(=C(\O)c3nc4c(C)cccn4c3C)C(=O)C(=O)N2c2nc(C)c(C(=O)OC)s2)ccc1OCCC(C)C. The Morgan fingerprint density at radius 1 is 1.09 bits per heavy atom. The van der Waals surface area contributed by atoms with Crippen molar-refractivity contribution in [2.45, 2.75) is 54.0 Å². The van der Waals surface area contributed by atoms with Crippen molar-refractivity contribution in [3.05, 3.63) is 75.2 Å². The molecule has 236 valence electrons. The molecule has 0 aliphatic carbocycles. The first-order chi connectivity index (χ1) is 21.5. The highest BCUT2D eigenvalue weighted by atomic mass is 32.1. The Labute approximate surface area is 265 Å². The molecule has 0 radical (unpaired) electrons. The fraction of sp³-hybridized carbons (Fsp3) is 0.364. The number of carbonyl (C=O) groups is 3. The normalized spacial score (nSPS) is 16.2. The van der Waals surface area contributed by atoms with Crippen LogP contribution < -0.4 is 14.4 Å². The standard InChI is InChI=1S/C33H36N4O7S/c1-8-43-23-16-21(11-12-22(23)44-15-13-17(2)3)26-24(27(38)25-20(6)36-14-9-10-18(4)30(36)35-25)28(39)31(40)37(26)33-34-19(5)29(45-33)32(41)42-7/h9-12,14,16-17,26,38H,8,13,15H2,1-7H3/b27-24+. The molecule has 1 saturated heterocycles. The van der Waals surface area contributed by atoms with Crippen LogP contribution in [0.15, 0.2) is 42.1 Å². The maximum atomic E-state index is 13.8. The molecular weight excluding hydrogens is 596 g/mol. The number of hydrogen-bond donors (Lipinski definition) is 1. The molecule has 4 heterocycles. The summed E-state index contributed by atoms with van der Waals surface area (Å²) in [5.74, 6) is -1.45. The van der Waals surface area contributed by atoms with Gasteiger partial charge in [0.15, 0.2) is 22.4 Å². The van der Waals surface area contributed by atoms with Gasteiger partial charge in [-0.3, -0.25) is 14.5 Å². The zero-order chi connectivity index (χ0) is 32.6. The summed E-state index contributed by atoms with van der Waals surface area (Å²) in [6.45, 7) is 12.2. The Morgan fingerprint density at radius 3 is 2.51 bits per heavy atom. The number of nitrogens with zero attached hydrogens (tertiary/aromatic N) is 4. The summed E-state index contributed by atoms with van der Waals surface area (Å²) in [5, 5.41) is 11.9. The van der Waals surface area contributed by atoms with Gasteiger partial charge in [0, 0.05) is 6.20 Å². The summed E-state index contributed by atoms with van der Waals surface area (Å²) in [6, 6.07) is 7.81. The fourth-order valence-electron chi connectivity index (χ4n) is 5.27. The van der Waals surface area contributed by atoms with E-state index in [2.05, 4.69) is 23.8 Å². The number of aromatic nitrogens is 3. The molecule has 11 nitrogen and oxygen atoms in total. The second-order valence-corrected chi connectivity index (χ2v) is 12.1. The average molecular weight is 633 g/mol. The molecule has 1 aliphatic rings. The van der Waals surface area contributed by atoms with Crippen LogP contribution in [-0.4, -0.2) is 57.5 Å². The number of anilines is 1. The Morgan fingerprint density at radius 2 is 1.84 bits per heavy atom. The lowest BCUT2D eigenvalue weighted by Crippen LogP contribution is -2.29. The van der Waals surface area contributed by atoms with E-state index in [1.165, 1.54) is 12.0 Å². The second kappa shape index (κ2) is 12.7. The molecule has 45 heavy (non-hydrogen) atoms. The van der Waals surface area contributed by atoms with Crippen molar-refractivity contribution in [1.29, 1.82) is 0 Å². The number of thiazole rings is 1. The number of aryl methyl sites for hydroxylation is 3. The van der Waals surface area contributed by atoms with Gasteiger partial charge in [0.2, 0.25) is 0 Å². The lowest BCUT2D eigenvalue weighted by atomic mass is 9.96. The van der Waals surface area contributed by atoms with Crippen molar-refractivity contribution in [3.63, 3.8) is 0 Å². The number of esters is 1. The summed E-state index contributed by atoms with van der Waals surface area (Å²) in [4.78, 5) is 50.6. The van der Waals surface area contributed by atoms with Crippen molar-refractivity contribution in [2.75, 3.05) is 25.2 Å². The van der Waals surface area contributed by atoms with Crippen LogP contribution in [0.4, 0.5) is 5.13 Å². The Bertz CT molecular complexity index is 1840. The highest BCUT2D eigenvalue weighted by molar-refractivity contribution is 7.17. The minimum atomic E-state index is -1.12. The highest BCUT2D eigenvalue weighted by Crippen LogP contribution is 2.46. The van der Waals surface area contributed by atoms with Crippen LogP contribution in [0, 0.1) is 26.7 Å². The Kier molecular flexibility index (Phi) is 8.96. The molecule has 1 N–H and O–H groups in total.